The third kappa shape index (κ3) is 2.69. The maximum Gasteiger partial charge on any atom is 0.239 e. The lowest BCUT2D eigenvalue weighted by molar-refractivity contribution is -0.134. The van der Waals surface area contributed by atoms with Crippen molar-refractivity contribution in [2.24, 2.45) is 0 Å². The molecule has 1 rings (SSSR count). The van der Waals surface area contributed by atoms with E-state index >= 15 is 0 Å². The van der Waals surface area contributed by atoms with E-state index in [-0.39, 0.29) is 11.9 Å². The van der Waals surface area contributed by atoms with E-state index in [0.717, 1.165) is 19.6 Å². The monoisotopic (exact) mass is 199 g/mol. The van der Waals surface area contributed by atoms with Gasteiger partial charge in [-0.25, -0.2) is 0 Å². The summed E-state index contributed by atoms with van der Waals surface area (Å²) < 4.78 is 0. The second-order valence-corrected chi connectivity index (χ2v) is 4.26. The van der Waals surface area contributed by atoms with Gasteiger partial charge in [0.05, 0.1) is 6.04 Å². The molecule has 14 heavy (non-hydrogen) atoms. The molecule has 1 aliphatic rings. The van der Waals surface area contributed by atoms with Gasteiger partial charge in [0.25, 0.3) is 0 Å². The van der Waals surface area contributed by atoms with Crippen molar-refractivity contribution < 1.29 is 4.79 Å². The summed E-state index contributed by atoms with van der Waals surface area (Å²) >= 11 is 0. The summed E-state index contributed by atoms with van der Waals surface area (Å²) in [6, 6.07) is 0.496. The summed E-state index contributed by atoms with van der Waals surface area (Å²) in [5.41, 5.74) is 0. The van der Waals surface area contributed by atoms with Gasteiger partial charge in [-0.3, -0.25) is 9.69 Å². The highest BCUT2D eigenvalue weighted by Crippen LogP contribution is 2.06. The van der Waals surface area contributed by atoms with Crippen LogP contribution in [-0.2, 0) is 4.79 Å². The van der Waals surface area contributed by atoms with Crippen LogP contribution in [-0.4, -0.2) is 61.5 Å². The van der Waals surface area contributed by atoms with Crippen molar-refractivity contribution in [3.05, 3.63) is 0 Å². The third-order valence-electron chi connectivity index (χ3n) is 2.75. The number of amides is 1. The predicted molar refractivity (Wildman–Crippen MR) is 57.2 cm³/mol. The number of hydrogen-bond donors (Lipinski definition) is 1. The molecule has 0 aromatic rings. The van der Waals surface area contributed by atoms with Crippen molar-refractivity contribution in [1.29, 1.82) is 0 Å². The van der Waals surface area contributed by atoms with Crippen LogP contribution in [0.3, 0.4) is 0 Å². The van der Waals surface area contributed by atoms with Crippen molar-refractivity contribution in [2.45, 2.75) is 25.9 Å². The first-order valence-electron chi connectivity index (χ1n) is 5.21. The fourth-order valence-corrected chi connectivity index (χ4v) is 1.84. The van der Waals surface area contributed by atoms with Gasteiger partial charge < -0.3 is 10.2 Å². The topological polar surface area (TPSA) is 35.6 Å². The Hall–Kier alpha value is -0.610. The van der Waals surface area contributed by atoms with Crippen LogP contribution in [0.25, 0.3) is 0 Å². The molecule has 0 aromatic heterocycles. The summed E-state index contributed by atoms with van der Waals surface area (Å²) in [5, 5.41) is 3.37. The lowest BCUT2D eigenvalue weighted by Gasteiger charge is -2.36. The number of carbonyl (C=O) groups excluding carboxylic acids is 1. The van der Waals surface area contributed by atoms with Gasteiger partial charge in [0.1, 0.15) is 0 Å². The molecule has 0 aliphatic carbocycles. The third-order valence-corrected chi connectivity index (χ3v) is 2.75. The second kappa shape index (κ2) is 4.75. The molecule has 1 heterocycles. The molecule has 1 amide bonds. The van der Waals surface area contributed by atoms with Crippen molar-refractivity contribution in [1.82, 2.24) is 15.1 Å². The van der Waals surface area contributed by atoms with Gasteiger partial charge >= 0.3 is 0 Å². The van der Waals surface area contributed by atoms with Crippen LogP contribution in [0.4, 0.5) is 0 Å². The second-order valence-electron chi connectivity index (χ2n) is 4.26. The quantitative estimate of drug-likeness (QED) is 0.666. The highest BCUT2D eigenvalue weighted by molar-refractivity contribution is 5.80. The van der Waals surface area contributed by atoms with E-state index in [1.807, 2.05) is 21.0 Å². The Morgan fingerprint density at radius 3 is 2.71 bits per heavy atom. The fourth-order valence-electron chi connectivity index (χ4n) is 1.84. The van der Waals surface area contributed by atoms with Crippen LogP contribution in [0.2, 0.25) is 0 Å². The molecule has 2 atom stereocenters. The lowest BCUT2D eigenvalue weighted by atomic mass is 10.1. The molecule has 0 spiro atoms. The maximum atomic E-state index is 11.7. The van der Waals surface area contributed by atoms with Gasteiger partial charge in [-0.1, -0.05) is 0 Å². The summed E-state index contributed by atoms with van der Waals surface area (Å²) in [4.78, 5) is 15.6. The molecule has 1 N–H and O–H groups in total. The largest absolute Gasteiger partial charge is 0.347 e. The number of likely N-dealkylation sites (N-methyl/N-ethyl adjacent to an activating group) is 1. The van der Waals surface area contributed by atoms with Gasteiger partial charge in [-0.05, 0) is 13.8 Å². The minimum Gasteiger partial charge on any atom is -0.347 e. The van der Waals surface area contributed by atoms with E-state index in [9.17, 15) is 4.79 Å². The van der Waals surface area contributed by atoms with E-state index in [2.05, 4.69) is 17.1 Å². The molecule has 0 radical (unpaired) electrons. The van der Waals surface area contributed by atoms with Gasteiger partial charge in [0, 0.05) is 39.8 Å². The Morgan fingerprint density at radius 2 is 2.21 bits per heavy atom. The van der Waals surface area contributed by atoms with E-state index in [1.54, 1.807) is 4.90 Å². The smallest absolute Gasteiger partial charge is 0.239 e. The molecule has 4 nitrogen and oxygen atoms in total. The van der Waals surface area contributed by atoms with Crippen LogP contribution in [0.5, 0.6) is 0 Å². The van der Waals surface area contributed by atoms with Crippen LogP contribution >= 0.6 is 0 Å². The molecule has 1 fully saturated rings. The minimum atomic E-state index is 0.00884. The predicted octanol–water partition coefficient (Wildman–Crippen LogP) is -0.243. The number of nitrogens with one attached hydrogen (secondary N) is 1. The number of rotatable bonds is 2. The minimum absolute atomic E-state index is 0.00884. The zero-order chi connectivity index (χ0) is 10.7. The fraction of sp³-hybridized carbons (Fsp3) is 0.900. The van der Waals surface area contributed by atoms with Crippen LogP contribution in [0.1, 0.15) is 13.8 Å². The Bertz CT molecular complexity index is 206. The standard InChI is InChI=1S/C10H21N3O/c1-8-7-13(6-5-11-8)9(2)10(14)12(3)4/h8-9,11H,5-7H2,1-4H3/t8-,9?/m1/s1. The molecule has 1 unspecified atom stereocenters. The van der Waals surface area contributed by atoms with Crippen molar-refractivity contribution in [2.75, 3.05) is 33.7 Å². The van der Waals surface area contributed by atoms with Gasteiger partial charge in [-0.15, -0.1) is 0 Å². The maximum absolute atomic E-state index is 11.7. The van der Waals surface area contributed by atoms with E-state index < -0.39 is 0 Å². The molecular weight excluding hydrogens is 178 g/mol. The van der Waals surface area contributed by atoms with Gasteiger partial charge in [0.2, 0.25) is 5.91 Å². The first-order valence-corrected chi connectivity index (χ1v) is 5.21. The molecule has 0 saturated carbocycles. The Kier molecular flexibility index (Phi) is 3.89. The average molecular weight is 199 g/mol. The Balaban J connectivity index is 2.51. The summed E-state index contributed by atoms with van der Waals surface area (Å²) in [7, 11) is 3.62. The van der Waals surface area contributed by atoms with E-state index in [1.165, 1.54) is 0 Å². The Morgan fingerprint density at radius 1 is 1.57 bits per heavy atom. The summed E-state index contributed by atoms with van der Waals surface area (Å²) in [6.07, 6.45) is 0. The summed E-state index contributed by atoms with van der Waals surface area (Å²) in [5.74, 6) is 0.194. The van der Waals surface area contributed by atoms with Crippen molar-refractivity contribution in [3.8, 4) is 0 Å². The molecule has 82 valence electrons. The first kappa shape index (κ1) is 11.5. The molecule has 0 aromatic carbocycles. The SMILES string of the molecule is CC(C(=O)N(C)C)N1CCN[C@H](C)C1. The highest BCUT2D eigenvalue weighted by Gasteiger charge is 2.25. The Labute approximate surface area is 86.2 Å². The normalized spacial score (nSPS) is 25.9. The molecular formula is C10H21N3O. The molecule has 0 bridgehead atoms. The number of carbonyl (C=O) groups is 1. The zero-order valence-corrected chi connectivity index (χ0v) is 9.58. The number of hydrogen-bond acceptors (Lipinski definition) is 3. The number of piperazine rings is 1. The lowest BCUT2D eigenvalue weighted by Crippen LogP contribution is -2.55. The number of nitrogens with zero attached hydrogens (tertiary/aromatic N) is 2. The van der Waals surface area contributed by atoms with Crippen molar-refractivity contribution in [3.63, 3.8) is 0 Å². The average Bonchev–Trinajstić information content (AvgIpc) is 2.15. The van der Waals surface area contributed by atoms with Crippen LogP contribution < -0.4 is 5.32 Å². The van der Waals surface area contributed by atoms with Gasteiger partial charge in [-0.2, -0.15) is 0 Å². The first-order chi connectivity index (χ1) is 6.52. The zero-order valence-electron chi connectivity index (χ0n) is 9.58. The molecule has 4 heteroatoms. The van der Waals surface area contributed by atoms with E-state index in [0.29, 0.717) is 6.04 Å². The van der Waals surface area contributed by atoms with Gasteiger partial charge in [0.15, 0.2) is 0 Å². The molecule has 1 aliphatic heterocycles. The van der Waals surface area contributed by atoms with Crippen LogP contribution in [0, 0.1) is 0 Å². The van der Waals surface area contributed by atoms with E-state index in [4.69, 9.17) is 0 Å². The molecule has 1 saturated heterocycles. The van der Waals surface area contributed by atoms with Crippen molar-refractivity contribution >= 4 is 5.91 Å². The van der Waals surface area contributed by atoms with Crippen LogP contribution in [0.15, 0.2) is 0 Å². The highest BCUT2D eigenvalue weighted by atomic mass is 16.2. The summed E-state index contributed by atoms with van der Waals surface area (Å²) in [6.45, 7) is 7.04.